The molecule has 1 saturated carbocycles. The second kappa shape index (κ2) is 4.53. The van der Waals surface area contributed by atoms with Gasteiger partial charge in [0.15, 0.2) is 0 Å². The maximum atomic E-state index is 6.07. The highest BCUT2D eigenvalue weighted by Gasteiger charge is 2.37. The number of nitrogens with two attached hydrogens (primary N) is 1. The van der Waals surface area contributed by atoms with Crippen molar-refractivity contribution < 1.29 is 4.42 Å². The molecule has 1 unspecified atom stereocenters. The third-order valence-electron chi connectivity index (χ3n) is 3.59. The summed E-state index contributed by atoms with van der Waals surface area (Å²) >= 11 is 3.57. The standard InChI is InChI=1S/C13H20BrNO/c1-3-9(2)12-11(14)8-10(16-12)4-5-13(15)6-7-13/h8-9H,3-7,15H2,1-2H3. The van der Waals surface area contributed by atoms with E-state index in [2.05, 4.69) is 35.8 Å². The van der Waals surface area contributed by atoms with Gasteiger partial charge in [-0.2, -0.15) is 0 Å². The van der Waals surface area contributed by atoms with Crippen LogP contribution < -0.4 is 5.73 Å². The lowest BCUT2D eigenvalue weighted by Gasteiger charge is -2.07. The molecule has 0 bridgehead atoms. The predicted octanol–water partition coefficient (Wildman–Crippen LogP) is 3.98. The average Bonchev–Trinajstić information content (AvgIpc) is 2.87. The normalized spacial score (nSPS) is 19.8. The molecule has 1 atom stereocenters. The zero-order chi connectivity index (χ0) is 11.8. The van der Waals surface area contributed by atoms with Gasteiger partial charge in [0.25, 0.3) is 0 Å². The lowest BCUT2D eigenvalue weighted by atomic mass is 10.1. The summed E-state index contributed by atoms with van der Waals surface area (Å²) in [4.78, 5) is 0. The van der Waals surface area contributed by atoms with E-state index in [-0.39, 0.29) is 5.54 Å². The average molecular weight is 286 g/mol. The Morgan fingerprint density at radius 2 is 2.25 bits per heavy atom. The Hall–Kier alpha value is -0.280. The number of furan rings is 1. The number of halogens is 1. The Balaban J connectivity index is 1.99. The molecule has 0 aliphatic heterocycles. The van der Waals surface area contributed by atoms with Crippen LogP contribution in [0.25, 0.3) is 0 Å². The van der Waals surface area contributed by atoms with E-state index < -0.39 is 0 Å². The summed E-state index contributed by atoms with van der Waals surface area (Å²) in [6, 6.07) is 2.10. The van der Waals surface area contributed by atoms with Gasteiger partial charge >= 0.3 is 0 Å². The minimum atomic E-state index is 0.121. The molecule has 1 fully saturated rings. The number of hydrogen-bond acceptors (Lipinski definition) is 2. The highest BCUT2D eigenvalue weighted by atomic mass is 79.9. The zero-order valence-electron chi connectivity index (χ0n) is 10.1. The molecule has 1 aliphatic rings. The Kier molecular flexibility index (Phi) is 3.45. The molecule has 1 aliphatic carbocycles. The molecule has 0 saturated heterocycles. The summed E-state index contributed by atoms with van der Waals surface area (Å²) in [6.07, 6.45) is 5.46. The van der Waals surface area contributed by atoms with Gasteiger partial charge in [-0.25, -0.2) is 0 Å². The summed E-state index contributed by atoms with van der Waals surface area (Å²) in [6.45, 7) is 4.37. The summed E-state index contributed by atoms with van der Waals surface area (Å²) in [5, 5.41) is 0. The van der Waals surface area contributed by atoms with E-state index in [0.717, 1.165) is 35.3 Å². The Morgan fingerprint density at radius 3 is 2.81 bits per heavy atom. The second-order valence-electron chi connectivity index (χ2n) is 5.10. The maximum absolute atomic E-state index is 6.07. The maximum Gasteiger partial charge on any atom is 0.121 e. The summed E-state index contributed by atoms with van der Waals surface area (Å²) in [5.74, 6) is 2.63. The van der Waals surface area contributed by atoms with Crippen LogP contribution in [0.15, 0.2) is 15.0 Å². The van der Waals surface area contributed by atoms with Gasteiger partial charge in [-0.1, -0.05) is 13.8 Å². The third-order valence-corrected chi connectivity index (χ3v) is 4.21. The smallest absolute Gasteiger partial charge is 0.121 e. The van der Waals surface area contributed by atoms with Crippen LogP contribution in [0.2, 0.25) is 0 Å². The first-order valence-electron chi connectivity index (χ1n) is 6.11. The SMILES string of the molecule is CCC(C)c1oc(CCC2(N)CC2)cc1Br. The van der Waals surface area contributed by atoms with E-state index >= 15 is 0 Å². The Bertz CT molecular complexity index is 368. The Morgan fingerprint density at radius 1 is 1.56 bits per heavy atom. The van der Waals surface area contributed by atoms with Gasteiger partial charge in [0, 0.05) is 17.9 Å². The highest BCUT2D eigenvalue weighted by Crippen LogP contribution is 2.37. The Labute approximate surface area is 106 Å². The molecule has 1 aromatic rings. The fraction of sp³-hybridized carbons (Fsp3) is 0.692. The molecular formula is C13H20BrNO. The van der Waals surface area contributed by atoms with Gasteiger partial charge in [-0.05, 0) is 47.7 Å². The summed E-state index contributed by atoms with van der Waals surface area (Å²) in [5.41, 5.74) is 6.19. The van der Waals surface area contributed by atoms with Crippen molar-refractivity contribution >= 4 is 15.9 Å². The first kappa shape index (κ1) is 12.2. The quantitative estimate of drug-likeness (QED) is 0.889. The van der Waals surface area contributed by atoms with Gasteiger partial charge in [-0.15, -0.1) is 0 Å². The molecule has 90 valence electrons. The first-order valence-corrected chi connectivity index (χ1v) is 6.90. The van der Waals surface area contributed by atoms with Crippen molar-refractivity contribution in [3.05, 3.63) is 22.1 Å². The van der Waals surface area contributed by atoms with E-state index in [1.807, 2.05) is 0 Å². The molecule has 0 spiro atoms. The molecular weight excluding hydrogens is 266 g/mol. The van der Waals surface area contributed by atoms with E-state index in [1.165, 1.54) is 12.8 Å². The van der Waals surface area contributed by atoms with Crippen molar-refractivity contribution in [1.82, 2.24) is 0 Å². The van der Waals surface area contributed by atoms with Crippen LogP contribution in [0.1, 0.15) is 57.0 Å². The van der Waals surface area contributed by atoms with Crippen LogP contribution in [-0.2, 0) is 6.42 Å². The molecule has 2 rings (SSSR count). The van der Waals surface area contributed by atoms with Crippen LogP contribution in [0.5, 0.6) is 0 Å². The first-order chi connectivity index (χ1) is 7.54. The van der Waals surface area contributed by atoms with E-state index in [9.17, 15) is 0 Å². The van der Waals surface area contributed by atoms with E-state index in [0.29, 0.717) is 5.92 Å². The van der Waals surface area contributed by atoms with Crippen molar-refractivity contribution in [3.63, 3.8) is 0 Å². The molecule has 2 nitrogen and oxygen atoms in total. The van der Waals surface area contributed by atoms with E-state index in [1.54, 1.807) is 0 Å². The van der Waals surface area contributed by atoms with Gasteiger partial charge < -0.3 is 10.2 Å². The summed E-state index contributed by atoms with van der Waals surface area (Å²) in [7, 11) is 0. The molecule has 1 aromatic heterocycles. The van der Waals surface area contributed by atoms with Crippen LogP contribution in [-0.4, -0.2) is 5.54 Å². The third kappa shape index (κ3) is 2.69. The zero-order valence-corrected chi connectivity index (χ0v) is 11.6. The molecule has 0 aromatic carbocycles. The monoisotopic (exact) mass is 285 g/mol. The largest absolute Gasteiger partial charge is 0.465 e. The fourth-order valence-electron chi connectivity index (χ4n) is 1.86. The van der Waals surface area contributed by atoms with Crippen molar-refractivity contribution in [2.75, 3.05) is 0 Å². The predicted molar refractivity (Wildman–Crippen MR) is 69.6 cm³/mol. The number of hydrogen-bond donors (Lipinski definition) is 1. The van der Waals surface area contributed by atoms with Gasteiger partial charge in [0.05, 0.1) is 4.47 Å². The van der Waals surface area contributed by atoms with Crippen LogP contribution in [0.3, 0.4) is 0 Å². The minimum Gasteiger partial charge on any atom is -0.465 e. The molecule has 0 radical (unpaired) electrons. The number of rotatable bonds is 5. The van der Waals surface area contributed by atoms with Crippen LogP contribution >= 0.6 is 15.9 Å². The van der Waals surface area contributed by atoms with Gasteiger partial charge in [0.2, 0.25) is 0 Å². The van der Waals surface area contributed by atoms with Crippen LogP contribution in [0.4, 0.5) is 0 Å². The molecule has 1 heterocycles. The van der Waals surface area contributed by atoms with Crippen molar-refractivity contribution in [3.8, 4) is 0 Å². The highest BCUT2D eigenvalue weighted by molar-refractivity contribution is 9.10. The molecule has 2 N–H and O–H groups in total. The molecule has 16 heavy (non-hydrogen) atoms. The second-order valence-corrected chi connectivity index (χ2v) is 5.95. The number of aryl methyl sites for hydroxylation is 1. The minimum absolute atomic E-state index is 0.121. The lowest BCUT2D eigenvalue weighted by Crippen LogP contribution is -2.21. The molecule has 0 amide bonds. The van der Waals surface area contributed by atoms with Crippen molar-refractivity contribution in [1.29, 1.82) is 0 Å². The molecule has 3 heteroatoms. The summed E-state index contributed by atoms with van der Waals surface area (Å²) < 4.78 is 7.00. The lowest BCUT2D eigenvalue weighted by molar-refractivity contribution is 0.421. The fourth-order valence-corrected chi connectivity index (χ4v) is 2.59. The van der Waals surface area contributed by atoms with E-state index in [4.69, 9.17) is 10.2 Å². The topological polar surface area (TPSA) is 39.2 Å². The van der Waals surface area contributed by atoms with Crippen molar-refractivity contribution in [2.45, 2.75) is 57.4 Å². The van der Waals surface area contributed by atoms with Crippen LogP contribution in [0, 0.1) is 0 Å². The van der Waals surface area contributed by atoms with Gasteiger partial charge in [-0.3, -0.25) is 0 Å². The van der Waals surface area contributed by atoms with Crippen molar-refractivity contribution in [2.24, 2.45) is 5.73 Å². The van der Waals surface area contributed by atoms with Gasteiger partial charge in [0.1, 0.15) is 11.5 Å².